The second-order valence-corrected chi connectivity index (χ2v) is 14.3. The van der Waals surface area contributed by atoms with Crippen molar-refractivity contribution in [2.24, 2.45) is 0 Å². The first kappa shape index (κ1) is 31.5. The molecule has 0 bridgehead atoms. The van der Waals surface area contributed by atoms with Crippen molar-refractivity contribution in [3.63, 3.8) is 0 Å². The molecule has 0 aromatic carbocycles. The lowest BCUT2D eigenvalue weighted by Gasteiger charge is -2.36. The van der Waals surface area contributed by atoms with E-state index in [1.54, 1.807) is 0 Å². The molecule has 0 aromatic rings. The van der Waals surface area contributed by atoms with Gasteiger partial charge in [0.1, 0.15) is 6.61 Å². The summed E-state index contributed by atoms with van der Waals surface area (Å²) >= 11 is 0. The van der Waals surface area contributed by atoms with E-state index >= 15 is 0 Å². The molecule has 0 rings (SSSR count). The van der Waals surface area contributed by atoms with E-state index in [1.807, 2.05) is 0 Å². The van der Waals surface area contributed by atoms with Crippen molar-refractivity contribution in [1.82, 2.24) is 0 Å². The summed E-state index contributed by atoms with van der Waals surface area (Å²) in [5.41, 5.74) is 0. The van der Waals surface area contributed by atoms with Gasteiger partial charge in [0.05, 0.1) is 59.5 Å². The molecule has 0 fully saturated rings. The Kier molecular flexibility index (Phi) is 19.6. The van der Waals surface area contributed by atoms with Crippen LogP contribution in [0.4, 0.5) is 0 Å². The van der Waals surface area contributed by atoms with E-state index in [1.165, 1.54) is 19.3 Å². The Morgan fingerprint density at radius 1 is 0.656 bits per heavy atom. The fraction of sp³-hybridized carbons (Fsp3) is 0.958. The molecule has 7 nitrogen and oxygen atoms in total. The Bertz CT molecular complexity index is 439. The molecular formula is C24H50O7Si. The van der Waals surface area contributed by atoms with Crippen LogP contribution in [-0.2, 0) is 32.9 Å². The molecule has 8 heteroatoms. The van der Waals surface area contributed by atoms with Gasteiger partial charge in [0.15, 0.2) is 8.32 Å². The summed E-state index contributed by atoms with van der Waals surface area (Å²) < 4.78 is 33.1. The molecule has 0 aliphatic heterocycles. The zero-order chi connectivity index (χ0) is 24.1. The Balaban J connectivity index is 3.26. The second kappa shape index (κ2) is 19.9. The average molecular weight is 479 g/mol. The quantitative estimate of drug-likeness (QED) is 0.123. The number of unbranched alkanes of at least 4 members (excludes halogenated alkanes) is 4. The summed E-state index contributed by atoms with van der Waals surface area (Å²) in [6, 6.07) is 0. The predicted molar refractivity (Wildman–Crippen MR) is 131 cm³/mol. The number of ether oxygens (including phenoxy) is 5. The highest BCUT2D eigenvalue weighted by Crippen LogP contribution is 2.36. The van der Waals surface area contributed by atoms with Gasteiger partial charge in [-0.15, -0.1) is 0 Å². The number of carbonyl (C=O) groups excluding carboxylic acids is 1. The third-order valence-corrected chi connectivity index (χ3v) is 10.1. The second-order valence-electron chi connectivity index (χ2n) is 9.44. The Morgan fingerprint density at radius 3 is 1.56 bits per heavy atom. The van der Waals surface area contributed by atoms with E-state index in [-0.39, 0.29) is 11.0 Å². The monoisotopic (exact) mass is 478 g/mol. The highest BCUT2D eigenvalue weighted by Gasteiger charge is 2.36. The average Bonchev–Trinajstić information content (AvgIpc) is 2.72. The molecule has 0 N–H and O–H groups in total. The van der Waals surface area contributed by atoms with Gasteiger partial charge in [0, 0.05) is 6.42 Å². The van der Waals surface area contributed by atoms with Gasteiger partial charge < -0.3 is 28.1 Å². The first-order valence-corrected chi connectivity index (χ1v) is 15.2. The molecule has 0 radical (unpaired) electrons. The van der Waals surface area contributed by atoms with E-state index in [9.17, 15) is 4.79 Å². The molecule has 0 atom stereocenters. The third-order valence-electron chi connectivity index (χ3n) is 5.59. The van der Waals surface area contributed by atoms with E-state index in [4.69, 9.17) is 28.1 Å². The van der Waals surface area contributed by atoms with Gasteiger partial charge >= 0.3 is 5.97 Å². The van der Waals surface area contributed by atoms with Crippen LogP contribution in [0.15, 0.2) is 0 Å². The summed E-state index contributed by atoms with van der Waals surface area (Å²) in [4.78, 5) is 11.6. The van der Waals surface area contributed by atoms with Crippen molar-refractivity contribution in [3.05, 3.63) is 0 Å². The molecule has 0 aliphatic rings. The maximum Gasteiger partial charge on any atom is 0.305 e. The van der Waals surface area contributed by atoms with Crippen molar-refractivity contribution in [3.8, 4) is 0 Å². The first-order valence-electron chi connectivity index (χ1n) is 12.3. The highest BCUT2D eigenvalue weighted by molar-refractivity contribution is 6.74. The van der Waals surface area contributed by atoms with Gasteiger partial charge in [-0.3, -0.25) is 4.79 Å². The Labute approximate surface area is 197 Å². The minimum absolute atomic E-state index is 0.134. The van der Waals surface area contributed by atoms with Gasteiger partial charge in [0.25, 0.3) is 0 Å². The topological polar surface area (TPSA) is 72.5 Å². The standard InChI is InChI=1S/C24H50O7Si/c1-7-8-9-10-11-12-23(25)30-21-19-28-17-15-26-13-14-27-16-18-29-20-22-31-32(5,6)24(2,3)4/h7-22H2,1-6H3. The molecule has 0 spiro atoms. The summed E-state index contributed by atoms with van der Waals surface area (Å²) in [7, 11) is -1.68. The van der Waals surface area contributed by atoms with E-state index in [2.05, 4.69) is 40.8 Å². The Morgan fingerprint density at radius 2 is 1.09 bits per heavy atom. The zero-order valence-electron chi connectivity index (χ0n) is 21.7. The van der Waals surface area contributed by atoms with Crippen LogP contribution in [0.25, 0.3) is 0 Å². The first-order chi connectivity index (χ1) is 15.2. The van der Waals surface area contributed by atoms with E-state index in [0.29, 0.717) is 72.5 Å². The number of hydrogen-bond donors (Lipinski definition) is 0. The predicted octanol–water partition coefficient (Wildman–Crippen LogP) is 4.98. The highest BCUT2D eigenvalue weighted by atomic mass is 28.4. The lowest BCUT2D eigenvalue weighted by molar-refractivity contribution is -0.145. The fourth-order valence-corrected chi connectivity index (χ4v) is 3.52. The van der Waals surface area contributed by atoms with Crippen LogP contribution in [0.3, 0.4) is 0 Å². The zero-order valence-corrected chi connectivity index (χ0v) is 22.7. The molecule has 0 saturated carbocycles. The minimum atomic E-state index is -1.68. The lowest BCUT2D eigenvalue weighted by atomic mass is 10.1. The van der Waals surface area contributed by atoms with Crippen molar-refractivity contribution in [2.75, 3.05) is 66.1 Å². The van der Waals surface area contributed by atoms with Gasteiger partial charge in [-0.2, -0.15) is 0 Å². The smallest absolute Gasteiger partial charge is 0.305 e. The molecule has 32 heavy (non-hydrogen) atoms. The summed E-state index contributed by atoms with van der Waals surface area (Å²) in [5.74, 6) is -0.134. The molecule has 0 aliphatic carbocycles. The maximum atomic E-state index is 11.6. The van der Waals surface area contributed by atoms with Crippen LogP contribution in [0, 0.1) is 0 Å². The number of hydrogen-bond acceptors (Lipinski definition) is 7. The number of carbonyl (C=O) groups is 1. The van der Waals surface area contributed by atoms with Crippen molar-refractivity contribution < 1.29 is 32.9 Å². The molecule has 0 unspecified atom stereocenters. The van der Waals surface area contributed by atoms with Crippen LogP contribution in [0.5, 0.6) is 0 Å². The molecule has 0 heterocycles. The lowest BCUT2D eigenvalue weighted by Crippen LogP contribution is -2.41. The summed E-state index contributed by atoms with van der Waals surface area (Å²) in [5, 5.41) is 0.223. The summed E-state index contributed by atoms with van der Waals surface area (Å²) in [6.45, 7) is 18.4. The van der Waals surface area contributed by atoms with Gasteiger partial charge in [-0.1, -0.05) is 53.4 Å². The minimum Gasteiger partial charge on any atom is -0.463 e. The number of rotatable bonds is 22. The van der Waals surface area contributed by atoms with Crippen LogP contribution in [0.1, 0.15) is 66.2 Å². The van der Waals surface area contributed by atoms with Gasteiger partial charge in [-0.05, 0) is 24.6 Å². The Hall–Kier alpha value is -0.513. The van der Waals surface area contributed by atoms with Crippen molar-refractivity contribution in [1.29, 1.82) is 0 Å². The molecular weight excluding hydrogens is 428 g/mol. The van der Waals surface area contributed by atoms with Crippen LogP contribution in [0.2, 0.25) is 18.1 Å². The largest absolute Gasteiger partial charge is 0.463 e. The summed E-state index contributed by atoms with van der Waals surface area (Å²) in [6.07, 6.45) is 6.15. The molecule has 0 saturated heterocycles. The normalized spacial score (nSPS) is 12.3. The van der Waals surface area contributed by atoms with Crippen LogP contribution in [-0.4, -0.2) is 80.4 Å². The fourth-order valence-electron chi connectivity index (χ4n) is 2.49. The van der Waals surface area contributed by atoms with Crippen molar-refractivity contribution >= 4 is 14.3 Å². The molecule has 0 aromatic heterocycles. The van der Waals surface area contributed by atoms with Gasteiger partial charge in [-0.25, -0.2) is 0 Å². The maximum absolute atomic E-state index is 11.6. The SMILES string of the molecule is CCCCCCCC(=O)OCCOCCOCCOCCOCCO[Si](C)(C)C(C)(C)C. The molecule has 0 amide bonds. The van der Waals surface area contributed by atoms with Crippen molar-refractivity contribution in [2.45, 2.75) is 84.4 Å². The van der Waals surface area contributed by atoms with Gasteiger partial charge in [0.2, 0.25) is 0 Å². The number of esters is 1. The van der Waals surface area contributed by atoms with E-state index in [0.717, 1.165) is 12.8 Å². The van der Waals surface area contributed by atoms with Crippen LogP contribution < -0.4 is 0 Å². The van der Waals surface area contributed by atoms with E-state index < -0.39 is 8.32 Å². The third kappa shape index (κ3) is 19.0. The molecule has 192 valence electrons. The van der Waals surface area contributed by atoms with Crippen LogP contribution >= 0.6 is 0 Å².